The van der Waals surface area contributed by atoms with E-state index in [0.29, 0.717) is 0 Å². The van der Waals surface area contributed by atoms with E-state index in [1.807, 2.05) is 13.0 Å². The monoisotopic (exact) mass is 99.1 g/mol. The highest BCUT2D eigenvalue weighted by Crippen LogP contribution is 1.90. The molecule has 0 unspecified atom stereocenters. The van der Waals surface area contributed by atoms with Gasteiger partial charge < -0.3 is 4.74 Å². The van der Waals surface area contributed by atoms with E-state index in [1.54, 1.807) is 0 Å². The van der Waals surface area contributed by atoms with E-state index in [0.717, 1.165) is 6.42 Å². The molecule has 0 saturated carbocycles. The third-order valence-corrected chi connectivity index (χ3v) is 0.799. The Bertz CT molecular complexity index is 70.6. The summed E-state index contributed by atoms with van der Waals surface area (Å²) in [5.74, 6) is 0. The Morgan fingerprint density at radius 1 is 1.86 bits per heavy atom. The van der Waals surface area contributed by atoms with Gasteiger partial charge in [-0.05, 0) is 6.42 Å². The Morgan fingerprint density at radius 2 is 2.43 bits per heavy atom. The standard InChI is InChI=1S/C5H9NO/c1-3-5(4-6)7-2/h5H,3H2,1-2H3/t5-/m0/s1. The molecule has 0 rings (SSSR count). The van der Waals surface area contributed by atoms with Gasteiger partial charge >= 0.3 is 0 Å². The van der Waals surface area contributed by atoms with Crippen LogP contribution >= 0.6 is 0 Å². The Labute approximate surface area is 43.7 Å². The smallest absolute Gasteiger partial charge is 0.143 e. The number of methoxy groups -OCH3 is 1. The summed E-state index contributed by atoms with van der Waals surface area (Å²) in [4.78, 5) is 0. The van der Waals surface area contributed by atoms with E-state index >= 15 is 0 Å². The van der Waals surface area contributed by atoms with Crippen molar-refractivity contribution in [1.82, 2.24) is 0 Å². The van der Waals surface area contributed by atoms with Crippen molar-refractivity contribution in [2.45, 2.75) is 19.4 Å². The van der Waals surface area contributed by atoms with Crippen molar-refractivity contribution in [2.75, 3.05) is 7.11 Å². The molecule has 0 bridgehead atoms. The van der Waals surface area contributed by atoms with E-state index in [4.69, 9.17) is 5.26 Å². The molecule has 0 N–H and O–H groups in total. The first kappa shape index (κ1) is 6.45. The van der Waals surface area contributed by atoms with Crippen molar-refractivity contribution in [3.8, 4) is 6.07 Å². The molecule has 0 saturated heterocycles. The summed E-state index contributed by atoms with van der Waals surface area (Å²) in [5, 5.41) is 8.15. The summed E-state index contributed by atoms with van der Waals surface area (Å²) < 4.78 is 4.69. The SMILES string of the molecule is CC[C@@H](C#N)OC. The van der Waals surface area contributed by atoms with Crippen LogP contribution in [0.5, 0.6) is 0 Å². The molecule has 7 heavy (non-hydrogen) atoms. The molecule has 0 radical (unpaired) electrons. The van der Waals surface area contributed by atoms with Crippen LogP contribution in [0.1, 0.15) is 13.3 Å². The molecule has 40 valence electrons. The highest BCUT2D eigenvalue weighted by atomic mass is 16.5. The van der Waals surface area contributed by atoms with Crippen LogP contribution in [-0.4, -0.2) is 13.2 Å². The number of ether oxygens (including phenoxy) is 1. The normalized spacial score (nSPS) is 12.7. The van der Waals surface area contributed by atoms with Crippen molar-refractivity contribution in [3.63, 3.8) is 0 Å². The summed E-state index contributed by atoms with van der Waals surface area (Å²) in [7, 11) is 1.54. The molecule has 0 aliphatic heterocycles. The first-order valence-corrected chi connectivity index (χ1v) is 2.27. The second kappa shape index (κ2) is 3.63. The molecule has 0 aromatic heterocycles. The Hall–Kier alpha value is -0.550. The zero-order valence-electron chi connectivity index (χ0n) is 4.64. The van der Waals surface area contributed by atoms with Gasteiger partial charge in [-0.2, -0.15) is 5.26 Å². The molecule has 0 aliphatic rings. The summed E-state index contributed by atoms with van der Waals surface area (Å²) in [6.45, 7) is 1.91. The summed E-state index contributed by atoms with van der Waals surface area (Å²) >= 11 is 0. The lowest BCUT2D eigenvalue weighted by atomic mass is 10.3. The zero-order valence-corrected chi connectivity index (χ0v) is 4.64. The Kier molecular flexibility index (Phi) is 3.35. The van der Waals surface area contributed by atoms with Gasteiger partial charge in [0.1, 0.15) is 6.10 Å². The van der Waals surface area contributed by atoms with Gasteiger partial charge in [-0.25, -0.2) is 0 Å². The molecule has 0 amide bonds. The highest BCUT2D eigenvalue weighted by molar-refractivity contribution is 4.81. The van der Waals surface area contributed by atoms with Crippen LogP contribution < -0.4 is 0 Å². The third kappa shape index (κ3) is 2.18. The predicted octanol–water partition coefficient (Wildman–Crippen LogP) is 0.935. The van der Waals surface area contributed by atoms with Crippen LogP contribution in [0, 0.1) is 11.3 Å². The Balaban J connectivity index is 3.23. The molecule has 2 heteroatoms. The number of hydrogen-bond acceptors (Lipinski definition) is 2. The van der Waals surface area contributed by atoms with Crippen molar-refractivity contribution in [1.29, 1.82) is 5.26 Å². The fourth-order valence-electron chi connectivity index (χ4n) is 0.311. The van der Waals surface area contributed by atoms with E-state index in [9.17, 15) is 0 Å². The number of rotatable bonds is 2. The molecule has 1 atom stereocenters. The first-order valence-electron chi connectivity index (χ1n) is 2.27. The van der Waals surface area contributed by atoms with Crippen molar-refractivity contribution in [3.05, 3.63) is 0 Å². The van der Waals surface area contributed by atoms with Gasteiger partial charge in [-0.1, -0.05) is 6.92 Å². The van der Waals surface area contributed by atoms with Gasteiger partial charge in [0.05, 0.1) is 6.07 Å². The maximum absolute atomic E-state index is 8.15. The lowest BCUT2D eigenvalue weighted by molar-refractivity contribution is 0.143. The van der Waals surface area contributed by atoms with Crippen LogP contribution in [0.2, 0.25) is 0 Å². The summed E-state index contributed by atoms with van der Waals surface area (Å²) in [6, 6.07) is 1.98. The van der Waals surface area contributed by atoms with E-state index in [-0.39, 0.29) is 6.10 Å². The third-order valence-electron chi connectivity index (χ3n) is 0.799. The second-order valence-corrected chi connectivity index (χ2v) is 1.26. The summed E-state index contributed by atoms with van der Waals surface area (Å²) in [6.07, 6.45) is 0.562. The highest BCUT2D eigenvalue weighted by Gasteiger charge is 1.96. The molecule has 0 heterocycles. The lowest BCUT2D eigenvalue weighted by Gasteiger charge is -1.98. The molecular formula is C5H9NO. The van der Waals surface area contributed by atoms with Gasteiger partial charge in [0.15, 0.2) is 0 Å². The van der Waals surface area contributed by atoms with Crippen LogP contribution in [0.4, 0.5) is 0 Å². The largest absolute Gasteiger partial charge is 0.367 e. The zero-order chi connectivity index (χ0) is 5.70. The topological polar surface area (TPSA) is 33.0 Å². The van der Waals surface area contributed by atoms with Gasteiger partial charge in [0, 0.05) is 7.11 Å². The van der Waals surface area contributed by atoms with Gasteiger partial charge in [-0.3, -0.25) is 0 Å². The molecular weight excluding hydrogens is 90.1 g/mol. The van der Waals surface area contributed by atoms with Gasteiger partial charge in [-0.15, -0.1) is 0 Å². The quantitative estimate of drug-likeness (QED) is 0.516. The maximum atomic E-state index is 8.15. The van der Waals surface area contributed by atoms with Crippen molar-refractivity contribution < 1.29 is 4.74 Å². The van der Waals surface area contributed by atoms with E-state index in [2.05, 4.69) is 4.74 Å². The second-order valence-electron chi connectivity index (χ2n) is 1.26. The molecule has 0 spiro atoms. The molecule has 2 nitrogen and oxygen atoms in total. The van der Waals surface area contributed by atoms with Crippen LogP contribution in [0.25, 0.3) is 0 Å². The van der Waals surface area contributed by atoms with Crippen LogP contribution in [-0.2, 0) is 4.74 Å². The average Bonchev–Trinajstić information content (AvgIpc) is 1.72. The Morgan fingerprint density at radius 3 is 2.43 bits per heavy atom. The minimum absolute atomic E-state index is 0.208. The first-order chi connectivity index (χ1) is 3.35. The summed E-state index contributed by atoms with van der Waals surface area (Å²) in [5.41, 5.74) is 0. The molecule has 0 aliphatic carbocycles. The molecule has 0 aromatic carbocycles. The molecule has 0 fully saturated rings. The van der Waals surface area contributed by atoms with E-state index in [1.165, 1.54) is 7.11 Å². The fourth-order valence-corrected chi connectivity index (χ4v) is 0.311. The number of nitriles is 1. The van der Waals surface area contributed by atoms with Gasteiger partial charge in [0.2, 0.25) is 0 Å². The van der Waals surface area contributed by atoms with Crippen molar-refractivity contribution >= 4 is 0 Å². The van der Waals surface area contributed by atoms with Crippen LogP contribution in [0.3, 0.4) is 0 Å². The predicted molar refractivity (Wildman–Crippen MR) is 26.7 cm³/mol. The maximum Gasteiger partial charge on any atom is 0.143 e. The minimum Gasteiger partial charge on any atom is -0.367 e. The van der Waals surface area contributed by atoms with E-state index < -0.39 is 0 Å². The average molecular weight is 99.1 g/mol. The van der Waals surface area contributed by atoms with Crippen LogP contribution in [0.15, 0.2) is 0 Å². The number of hydrogen-bond donors (Lipinski definition) is 0. The van der Waals surface area contributed by atoms with Crippen molar-refractivity contribution in [2.24, 2.45) is 0 Å². The minimum atomic E-state index is -0.208. The van der Waals surface area contributed by atoms with Gasteiger partial charge in [0.25, 0.3) is 0 Å². The fraction of sp³-hybridized carbons (Fsp3) is 0.800. The lowest BCUT2D eigenvalue weighted by Crippen LogP contribution is -2.03. The number of nitrogens with zero attached hydrogens (tertiary/aromatic N) is 1. The molecule has 0 aromatic rings.